The summed E-state index contributed by atoms with van der Waals surface area (Å²) < 4.78 is 0. The van der Waals surface area contributed by atoms with Crippen LogP contribution in [-0.4, -0.2) is 35.2 Å². The van der Waals surface area contributed by atoms with Gasteiger partial charge < -0.3 is 15.4 Å². The van der Waals surface area contributed by atoms with Crippen LogP contribution in [0.25, 0.3) is 0 Å². The Labute approximate surface area is 89.5 Å². The summed E-state index contributed by atoms with van der Waals surface area (Å²) in [6.45, 7) is 2.08. The fourth-order valence-electron chi connectivity index (χ4n) is 1.93. The van der Waals surface area contributed by atoms with E-state index >= 15 is 0 Å². The molecule has 15 heavy (non-hydrogen) atoms. The second-order valence-electron chi connectivity index (χ2n) is 3.91. The Morgan fingerprint density at radius 3 is 2.53 bits per heavy atom. The molecule has 2 heterocycles. The van der Waals surface area contributed by atoms with Gasteiger partial charge in [0.15, 0.2) is 0 Å². The van der Waals surface area contributed by atoms with Crippen molar-refractivity contribution in [3.63, 3.8) is 0 Å². The minimum Gasteiger partial charge on any atom is -0.423 e. The lowest BCUT2D eigenvalue weighted by Gasteiger charge is -2.22. The third kappa shape index (κ3) is 2.56. The lowest BCUT2D eigenvalue weighted by atomic mass is 9.81. The average molecular weight is 206 g/mol. The van der Waals surface area contributed by atoms with Crippen LogP contribution in [0, 0.1) is 0 Å². The van der Waals surface area contributed by atoms with Crippen LogP contribution in [0.2, 0.25) is 0 Å². The SMILES string of the molecule is OB(O)c1ccc(C2CCNCC2)nc1. The zero-order chi connectivity index (χ0) is 10.7. The largest absolute Gasteiger partial charge is 0.490 e. The minimum absolute atomic E-state index is 0.452. The van der Waals surface area contributed by atoms with Gasteiger partial charge in [-0.15, -0.1) is 0 Å². The van der Waals surface area contributed by atoms with Crippen molar-refractivity contribution in [2.45, 2.75) is 18.8 Å². The van der Waals surface area contributed by atoms with Gasteiger partial charge in [0, 0.05) is 23.3 Å². The van der Waals surface area contributed by atoms with Gasteiger partial charge in [0.05, 0.1) is 0 Å². The topological polar surface area (TPSA) is 65.4 Å². The second-order valence-corrected chi connectivity index (χ2v) is 3.91. The van der Waals surface area contributed by atoms with Gasteiger partial charge in [0.1, 0.15) is 0 Å². The first-order chi connectivity index (χ1) is 7.27. The highest BCUT2D eigenvalue weighted by Crippen LogP contribution is 2.22. The Bertz CT molecular complexity index is 310. The van der Waals surface area contributed by atoms with E-state index in [9.17, 15) is 0 Å². The molecular formula is C10H15BN2O2. The average Bonchev–Trinajstić information content (AvgIpc) is 2.30. The van der Waals surface area contributed by atoms with Crippen molar-refractivity contribution in [2.24, 2.45) is 0 Å². The predicted octanol–water partition coefficient (Wildman–Crippen LogP) is -0.772. The van der Waals surface area contributed by atoms with Crippen LogP contribution < -0.4 is 10.8 Å². The molecule has 1 aliphatic rings. The molecule has 0 spiro atoms. The lowest BCUT2D eigenvalue weighted by Crippen LogP contribution is -2.31. The maximum atomic E-state index is 8.93. The normalized spacial score (nSPS) is 17.7. The molecule has 4 nitrogen and oxygen atoms in total. The van der Waals surface area contributed by atoms with E-state index in [0.29, 0.717) is 11.4 Å². The van der Waals surface area contributed by atoms with Crippen LogP contribution in [0.5, 0.6) is 0 Å². The van der Waals surface area contributed by atoms with Crippen LogP contribution in [0.15, 0.2) is 18.3 Å². The van der Waals surface area contributed by atoms with Crippen molar-refractivity contribution in [3.8, 4) is 0 Å². The highest BCUT2D eigenvalue weighted by Gasteiger charge is 2.17. The summed E-state index contributed by atoms with van der Waals surface area (Å²) in [5, 5.41) is 21.2. The van der Waals surface area contributed by atoms with Gasteiger partial charge in [-0.2, -0.15) is 0 Å². The Morgan fingerprint density at radius 2 is 2.00 bits per heavy atom. The molecule has 0 aliphatic carbocycles. The van der Waals surface area contributed by atoms with Crippen LogP contribution in [0.4, 0.5) is 0 Å². The molecule has 3 N–H and O–H groups in total. The first-order valence-corrected chi connectivity index (χ1v) is 5.30. The quantitative estimate of drug-likeness (QED) is 0.556. The van der Waals surface area contributed by atoms with Crippen LogP contribution in [-0.2, 0) is 0 Å². The molecule has 1 aromatic heterocycles. The third-order valence-electron chi connectivity index (χ3n) is 2.86. The molecule has 0 amide bonds. The summed E-state index contributed by atoms with van der Waals surface area (Å²) in [6, 6.07) is 3.62. The standard InChI is InChI=1S/C10H15BN2O2/c14-11(15)9-1-2-10(13-7-9)8-3-5-12-6-4-8/h1-2,7-8,12,14-15H,3-6H2. The fourth-order valence-corrected chi connectivity index (χ4v) is 1.93. The van der Waals surface area contributed by atoms with E-state index in [1.54, 1.807) is 12.3 Å². The summed E-state index contributed by atoms with van der Waals surface area (Å²) in [5.41, 5.74) is 1.51. The monoisotopic (exact) mass is 206 g/mol. The van der Waals surface area contributed by atoms with Crippen molar-refractivity contribution < 1.29 is 10.0 Å². The van der Waals surface area contributed by atoms with Gasteiger partial charge >= 0.3 is 7.12 Å². The zero-order valence-corrected chi connectivity index (χ0v) is 8.56. The number of rotatable bonds is 2. The molecule has 1 aliphatic heterocycles. The van der Waals surface area contributed by atoms with E-state index in [-0.39, 0.29) is 0 Å². The Morgan fingerprint density at radius 1 is 1.27 bits per heavy atom. The number of nitrogens with zero attached hydrogens (tertiary/aromatic N) is 1. The molecule has 0 unspecified atom stereocenters. The highest BCUT2D eigenvalue weighted by molar-refractivity contribution is 6.58. The number of pyridine rings is 1. The summed E-state index contributed by atoms with van der Waals surface area (Å²) in [6.07, 6.45) is 3.75. The zero-order valence-electron chi connectivity index (χ0n) is 8.56. The minimum atomic E-state index is -1.42. The number of hydrogen-bond acceptors (Lipinski definition) is 4. The molecule has 0 atom stereocenters. The van der Waals surface area contributed by atoms with Crippen molar-refractivity contribution in [1.82, 2.24) is 10.3 Å². The summed E-state index contributed by atoms with van der Waals surface area (Å²) in [7, 11) is -1.42. The highest BCUT2D eigenvalue weighted by atomic mass is 16.4. The van der Waals surface area contributed by atoms with Crippen LogP contribution in [0.3, 0.4) is 0 Å². The molecule has 0 bridgehead atoms. The van der Waals surface area contributed by atoms with E-state index < -0.39 is 7.12 Å². The van der Waals surface area contributed by atoms with Gasteiger partial charge in [-0.25, -0.2) is 0 Å². The molecule has 1 aromatic rings. The molecule has 0 saturated carbocycles. The van der Waals surface area contributed by atoms with Gasteiger partial charge in [0.2, 0.25) is 0 Å². The van der Waals surface area contributed by atoms with Crippen molar-refractivity contribution in [1.29, 1.82) is 0 Å². The van der Waals surface area contributed by atoms with Gasteiger partial charge in [0.25, 0.3) is 0 Å². The second kappa shape index (κ2) is 4.74. The lowest BCUT2D eigenvalue weighted by molar-refractivity contribution is 0.425. The fraction of sp³-hybridized carbons (Fsp3) is 0.500. The van der Waals surface area contributed by atoms with Crippen molar-refractivity contribution in [2.75, 3.05) is 13.1 Å². The first-order valence-electron chi connectivity index (χ1n) is 5.30. The molecule has 1 saturated heterocycles. The number of aromatic nitrogens is 1. The first kappa shape index (κ1) is 10.6. The summed E-state index contributed by atoms with van der Waals surface area (Å²) in [4.78, 5) is 4.28. The third-order valence-corrected chi connectivity index (χ3v) is 2.86. The molecule has 0 aromatic carbocycles. The number of piperidine rings is 1. The van der Waals surface area contributed by atoms with Gasteiger partial charge in [-0.1, -0.05) is 6.07 Å². The molecule has 2 rings (SSSR count). The Kier molecular flexibility index (Phi) is 3.35. The maximum absolute atomic E-state index is 8.93. The predicted molar refractivity (Wildman–Crippen MR) is 58.9 cm³/mol. The van der Waals surface area contributed by atoms with E-state index in [1.165, 1.54) is 0 Å². The van der Waals surface area contributed by atoms with E-state index in [1.807, 2.05) is 6.07 Å². The van der Waals surface area contributed by atoms with Crippen molar-refractivity contribution in [3.05, 3.63) is 24.0 Å². The summed E-state index contributed by atoms with van der Waals surface area (Å²) in [5.74, 6) is 0.510. The van der Waals surface area contributed by atoms with Gasteiger partial charge in [-0.05, 0) is 32.0 Å². The Hall–Kier alpha value is -0.905. The van der Waals surface area contributed by atoms with E-state index in [4.69, 9.17) is 10.0 Å². The van der Waals surface area contributed by atoms with Gasteiger partial charge in [-0.3, -0.25) is 4.98 Å². The maximum Gasteiger partial charge on any atom is 0.490 e. The molecule has 0 radical (unpaired) electrons. The Balaban J connectivity index is 2.08. The summed E-state index contributed by atoms with van der Waals surface area (Å²) >= 11 is 0. The molecular weight excluding hydrogens is 191 g/mol. The number of hydrogen-bond donors (Lipinski definition) is 3. The van der Waals surface area contributed by atoms with E-state index in [2.05, 4.69) is 10.3 Å². The van der Waals surface area contributed by atoms with Crippen molar-refractivity contribution >= 4 is 12.6 Å². The molecule has 5 heteroatoms. The molecule has 80 valence electrons. The van der Waals surface area contributed by atoms with Crippen LogP contribution >= 0.6 is 0 Å². The van der Waals surface area contributed by atoms with Crippen LogP contribution in [0.1, 0.15) is 24.5 Å². The number of nitrogens with one attached hydrogen (secondary N) is 1. The van der Waals surface area contributed by atoms with E-state index in [0.717, 1.165) is 31.6 Å². The smallest absolute Gasteiger partial charge is 0.423 e. The molecule has 1 fully saturated rings.